The molecule has 3 nitrogen and oxygen atoms in total. The molecule has 0 bridgehead atoms. The van der Waals surface area contributed by atoms with Crippen molar-refractivity contribution in [1.82, 2.24) is 0 Å². The summed E-state index contributed by atoms with van der Waals surface area (Å²) in [5.41, 5.74) is 0.691. The number of halogens is 2. The Morgan fingerprint density at radius 2 is 1.25 bits per heavy atom. The smallest absolute Gasteiger partial charge is 0.163 e. The minimum atomic E-state index is -1.05. The zero-order valence-corrected chi connectivity index (χ0v) is 15.4. The lowest BCUT2D eigenvalue weighted by Gasteiger charge is -2.35. The first-order valence-electron chi connectivity index (χ1n) is 8.37. The number of likely N-dealkylation sites (N-methyl/N-ethyl adjacent to an activating group) is 1. The summed E-state index contributed by atoms with van der Waals surface area (Å²) in [6.45, 7) is 5.04. The molecule has 5 heteroatoms. The second-order valence-corrected chi connectivity index (χ2v) is 7.63. The van der Waals surface area contributed by atoms with Crippen molar-refractivity contribution >= 4 is 23.2 Å². The number of hydrogen-bond donors (Lipinski definition) is 3. The molecule has 0 atom stereocenters. The van der Waals surface area contributed by atoms with Gasteiger partial charge >= 0.3 is 0 Å². The van der Waals surface area contributed by atoms with Crippen LogP contribution in [0.25, 0.3) is 0 Å². The third-order valence-corrected chi connectivity index (χ3v) is 5.46. The second kappa shape index (κ2) is 7.42. The molecule has 0 spiro atoms. The molecule has 0 radical (unpaired) electrons. The van der Waals surface area contributed by atoms with E-state index in [1.807, 2.05) is 48.5 Å². The summed E-state index contributed by atoms with van der Waals surface area (Å²) in [6, 6.07) is 15.0. The first kappa shape index (κ1) is 17.7. The van der Waals surface area contributed by atoms with Gasteiger partial charge in [-0.2, -0.15) is 0 Å². The summed E-state index contributed by atoms with van der Waals surface area (Å²) in [5.74, 6) is 0. The first-order chi connectivity index (χ1) is 11.5. The number of piperazine rings is 1. The van der Waals surface area contributed by atoms with E-state index < -0.39 is 5.60 Å². The van der Waals surface area contributed by atoms with Gasteiger partial charge in [0.25, 0.3) is 0 Å². The van der Waals surface area contributed by atoms with Crippen LogP contribution < -0.4 is 9.80 Å². The number of benzene rings is 2. The summed E-state index contributed by atoms with van der Waals surface area (Å²) in [4.78, 5) is 2.98. The van der Waals surface area contributed by atoms with Crippen LogP contribution in [0.3, 0.4) is 0 Å². The molecule has 3 N–H and O–H groups in total. The van der Waals surface area contributed by atoms with Gasteiger partial charge in [-0.05, 0) is 35.4 Å². The van der Waals surface area contributed by atoms with Crippen molar-refractivity contribution < 1.29 is 14.9 Å². The van der Waals surface area contributed by atoms with Crippen LogP contribution in [-0.4, -0.2) is 44.9 Å². The van der Waals surface area contributed by atoms with Gasteiger partial charge < -0.3 is 14.9 Å². The average molecular weight is 367 g/mol. The third-order valence-electron chi connectivity index (χ3n) is 4.96. The lowest BCUT2D eigenvalue weighted by molar-refractivity contribution is -1.01. The number of nitrogens with one attached hydrogen (secondary N) is 2. The molecule has 0 aromatic heterocycles. The Morgan fingerprint density at radius 1 is 0.833 bits per heavy atom. The maximum Gasteiger partial charge on any atom is 0.163 e. The predicted octanol–water partition coefficient (Wildman–Crippen LogP) is 0.643. The van der Waals surface area contributed by atoms with E-state index in [0.29, 0.717) is 16.6 Å². The topological polar surface area (TPSA) is 29.1 Å². The fourth-order valence-electron chi connectivity index (χ4n) is 3.39. The summed E-state index contributed by atoms with van der Waals surface area (Å²) in [6.07, 6.45) is 0. The Kier molecular flexibility index (Phi) is 5.48. The highest BCUT2D eigenvalue weighted by Gasteiger charge is 2.37. The van der Waals surface area contributed by atoms with Crippen molar-refractivity contribution in [2.75, 3.05) is 39.8 Å². The number of hydrogen-bond acceptors (Lipinski definition) is 1. The lowest BCUT2D eigenvalue weighted by atomic mass is 9.85. The van der Waals surface area contributed by atoms with Gasteiger partial charge in [0.05, 0.1) is 7.05 Å². The highest BCUT2D eigenvalue weighted by molar-refractivity contribution is 6.30. The molecule has 1 fully saturated rings. The van der Waals surface area contributed by atoms with E-state index in [1.165, 1.54) is 4.90 Å². The highest BCUT2D eigenvalue weighted by Crippen LogP contribution is 2.30. The second-order valence-electron chi connectivity index (χ2n) is 6.76. The Hall–Kier alpha value is -1.10. The Balaban J connectivity index is 1.93. The van der Waals surface area contributed by atoms with Gasteiger partial charge in [0.15, 0.2) is 5.60 Å². The molecule has 1 heterocycles. The van der Waals surface area contributed by atoms with Gasteiger partial charge in [-0.25, -0.2) is 0 Å². The maximum absolute atomic E-state index is 11.6. The van der Waals surface area contributed by atoms with Gasteiger partial charge in [0, 0.05) is 10.0 Å². The van der Waals surface area contributed by atoms with Gasteiger partial charge in [-0.1, -0.05) is 47.5 Å². The zero-order chi connectivity index (χ0) is 17.2. The van der Waals surface area contributed by atoms with Crippen molar-refractivity contribution in [3.05, 3.63) is 69.7 Å². The van der Waals surface area contributed by atoms with Crippen LogP contribution in [0, 0.1) is 0 Å². The summed E-state index contributed by atoms with van der Waals surface area (Å²) >= 11 is 12.1. The molecule has 128 valence electrons. The van der Waals surface area contributed by atoms with Crippen molar-refractivity contribution in [2.45, 2.75) is 5.60 Å². The Bertz CT molecular complexity index is 619. The molecule has 3 rings (SSSR count). The monoisotopic (exact) mass is 366 g/mol. The fraction of sp³-hybridized carbons (Fsp3) is 0.368. The van der Waals surface area contributed by atoms with E-state index in [1.54, 1.807) is 4.90 Å². The number of rotatable bonds is 4. The van der Waals surface area contributed by atoms with Gasteiger partial charge in [0.1, 0.15) is 32.7 Å². The molecular formula is C19H24Cl2N2O+2. The molecule has 0 aliphatic carbocycles. The van der Waals surface area contributed by atoms with Crippen LogP contribution in [-0.2, 0) is 5.60 Å². The van der Waals surface area contributed by atoms with Gasteiger partial charge in [0.2, 0.25) is 0 Å². The average Bonchev–Trinajstić information content (AvgIpc) is 2.58. The highest BCUT2D eigenvalue weighted by atomic mass is 35.5. The molecular weight excluding hydrogens is 343 g/mol. The summed E-state index contributed by atoms with van der Waals surface area (Å²) in [7, 11) is 2.22. The molecule has 0 amide bonds. The molecule has 2 aromatic rings. The Morgan fingerprint density at radius 3 is 1.67 bits per heavy atom. The van der Waals surface area contributed by atoms with E-state index in [9.17, 15) is 5.11 Å². The minimum Gasteiger partial charge on any atom is -0.375 e. The van der Waals surface area contributed by atoms with E-state index in [0.717, 1.165) is 37.3 Å². The van der Waals surface area contributed by atoms with E-state index in [2.05, 4.69) is 7.05 Å². The van der Waals surface area contributed by atoms with Crippen LogP contribution in [0.4, 0.5) is 0 Å². The minimum absolute atomic E-state index is 0.642. The third kappa shape index (κ3) is 3.93. The van der Waals surface area contributed by atoms with Crippen molar-refractivity contribution in [2.24, 2.45) is 0 Å². The Labute approximate surface area is 153 Å². The van der Waals surface area contributed by atoms with Crippen molar-refractivity contribution in [3.8, 4) is 0 Å². The molecule has 1 saturated heterocycles. The lowest BCUT2D eigenvalue weighted by Crippen LogP contribution is -3.27. The SMILES string of the molecule is C[NH+]1CC[NH+](CC(O)(c2ccc(Cl)cc2)c2ccc(Cl)cc2)CC1. The summed E-state index contributed by atoms with van der Waals surface area (Å²) in [5, 5.41) is 13.0. The molecule has 1 aliphatic heterocycles. The van der Waals surface area contributed by atoms with E-state index >= 15 is 0 Å². The molecule has 1 aliphatic rings. The van der Waals surface area contributed by atoms with E-state index in [-0.39, 0.29) is 0 Å². The van der Waals surface area contributed by atoms with Crippen LogP contribution in [0.5, 0.6) is 0 Å². The van der Waals surface area contributed by atoms with Gasteiger partial charge in [-0.15, -0.1) is 0 Å². The van der Waals surface area contributed by atoms with Gasteiger partial charge in [-0.3, -0.25) is 0 Å². The number of quaternary nitrogens is 2. The molecule has 0 unspecified atom stereocenters. The van der Waals surface area contributed by atoms with Crippen molar-refractivity contribution in [3.63, 3.8) is 0 Å². The van der Waals surface area contributed by atoms with Crippen LogP contribution >= 0.6 is 23.2 Å². The van der Waals surface area contributed by atoms with Crippen LogP contribution in [0.2, 0.25) is 10.0 Å². The normalized spacial score (nSPS) is 21.7. The molecule has 24 heavy (non-hydrogen) atoms. The first-order valence-corrected chi connectivity index (χ1v) is 9.12. The molecule has 2 aromatic carbocycles. The van der Waals surface area contributed by atoms with Crippen molar-refractivity contribution in [1.29, 1.82) is 0 Å². The van der Waals surface area contributed by atoms with E-state index in [4.69, 9.17) is 23.2 Å². The predicted molar refractivity (Wildman–Crippen MR) is 98.1 cm³/mol. The van der Waals surface area contributed by atoms with Crippen LogP contribution in [0.15, 0.2) is 48.5 Å². The standard InChI is InChI=1S/C19H22Cl2N2O/c1-22-10-12-23(13-11-22)14-19(24,15-2-6-17(20)7-3-15)16-4-8-18(21)9-5-16/h2-9,24H,10-14H2,1H3/p+2. The largest absolute Gasteiger partial charge is 0.375 e. The maximum atomic E-state index is 11.6. The van der Waals surface area contributed by atoms with Crippen LogP contribution in [0.1, 0.15) is 11.1 Å². The number of aliphatic hydroxyl groups is 1. The molecule has 0 saturated carbocycles. The summed E-state index contributed by atoms with van der Waals surface area (Å²) < 4.78 is 0. The fourth-order valence-corrected chi connectivity index (χ4v) is 3.64. The zero-order valence-electron chi connectivity index (χ0n) is 13.9. The quantitative estimate of drug-likeness (QED) is 0.728.